The summed E-state index contributed by atoms with van der Waals surface area (Å²) < 4.78 is 10.4. The highest BCUT2D eigenvalue weighted by Crippen LogP contribution is 2.28. The third-order valence-corrected chi connectivity index (χ3v) is 5.53. The Balaban J connectivity index is 1.27. The summed E-state index contributed by atoms with van der Waals surface area (Å²) in [4.78, 5) is 33.1. The minimum atomic E-state index is -0.581. The second kappa shape index (κ2) is 9.20. The van der Waals surface area contributed by atoms with Gasteiger partial charge in [0.15, 0.2) is 15.5 Å². The van der Waals surface area contributed by atoms with Crippen LogP contribution in [0.15, 0.2) is 30.6 Å². The van der Waals surface area contributed by atoms with Crippen LogP contribution in [-0.2, 0) is 11.4 Å². The molecule has 4 rings (SSSR count). The Hall–Kier alpha value is -3.02. The summed E-state index contributed by atoms with van der Waals surface area (Å²) in [5.41, 5.74) is 1.70. The van der Waals surface area contributed by atoms with E-state index in [1.807, 2.05) is 18.2 Å². The van der Waals surface area contributed by atoms with E-state index < -0.39 is 6.09 Å². The van der Waals surface area contributed by atoms with Crippen LogP contribution in [0.5, 0.6) is 11.6 Å². The van der Waals surface area contributed by atoms with Gasteiger partial charge in [-0.1, -0.05) is 23.5 Å². The quantitative estimate of drug-likeness (QED) is 0.631. The molecule has 30 heavy (non-hydrogen) atoms. The fourth-order valence-electron chi connectivity index (χ4n) is 3.17. The second-order valence-corrected chi connectivity index (χ2v) is 7.59. The molecule has 0 unspecified atom stereocenters. The number of methoxy groups -OCH3 is 2. The molecule has 2 aromatic heterocycles. The van der Waals surface area contributed by atoms with Gasteiger partial charge in [-0.05, 0) is 17.7 Å². The zero-order valence-corrected chi connectivity index (χ0v) is 17.5. The van der Waals surface area contributed by atoms with Gasteiger partial charge in [0, 0.05) is 32.7 Å². The number of carbonyl (C=O) groups excluding carboxylic acids is 1. The first-order chi connectivity index (χ1) is 14.6. The number of hydrogen-bond acceptors (Lipinski definition) is 10. The van der Waals surface area contributed by atoms with Gasteiger partial charge in [0.25, 0.3) is 0 Å². The molecule has 1 aliphatic heterocycles. The maximum absolute atomic E-state index is 12.3. The van der Waals surface area contributed by atoms with Crippen molar-refractivity contribution in [1.29, 1.82) is 0 Å². The topological polar surface area (TPSA) is 102 Å². The van der Waals surface area contributed by atoms with Crippen molar-refractivity contribution in [3.8, 4) is 11.6 Å². The van der Waals surface area contributed by atoms with Crippen molar-refractivity contribution in [1.82, 2.24) is 24.9 Å². The van der Waals surface area contributed by atoms with Gasteiger partial charge < -0.3 is 14.3 Å². The van der Waals surface area contributed by atoms with E-state index in [0.717, 1.165) is 25.4 Å². The number of benzene rings is 1. The van der Waals surface area contributed by atoms with Crippen LogP contribution in [0, 0.1) is 0 Å². The maximum atomic E-state index is 12.3. The highest BCUT2D eigenvalue weighted by Gasteiger charge is 2.21. The number of carbonyl (C=O) groups is 1. The lowest BCUT2D eigenvalue weighted by atomic mass is 10.2. The first-order valence-electron chi connectivity index (χ1n) is 9.39. The predicted octanol–water partition coefficient (Wildman–Crippen LogP) is 2.38. The lowest BCUT2D eigenvalue weighted by Gasteiger charge is -2.33. The van der Waals surface area contributed by atoms with E-state index in [1.165, 1.54) is 30.3 Å². The molecular formula is C19H22N6O4S. The Bertz CT molecular complexity index is 1020. The minimum absolute atomic E-state index is 0.366. The molecule has 158 valence electrons. The Morgan fingerprint density at radius 2 is 2.00 bits per heavy atom. The smallest absolute Gasteiger partial charge is 0.432 e. The average molecular weight is 430 g/mol. The number of ether oxygens (including phenoxy) is 2. The standard InChI is InChI=1S/C19H22N6O4S/c1-27-14-5-3-4-13(10-14)11-24-6-8-25(9-7-24)29-19(26)23-18-22-15-16(28-2)20-12-21-17(15)30-18/h3-5,10,12H,6-9,11H2,1-2H3,(H,22,23,26). The van der Waals surface area contributed by atoms with Crippen molar-refractivity contribution in [2.45, 2.75) is 6.54 Å². The molecule has 11 heteroatoms. The van der Waals surface area contributed by atoms with Crippen LogP contribution in [-0.4, -0.2) is 71.4 Å². The number of aromatic nitrogens is 3. The number of thiazole rings is 1. The zero-order valence-electron chi connectivity index (χ0n) is 16.7. The molecular weight excluding hydrogens is 408 g/mol. The molecule has 0 atom stereocenters. The molecule has 0 bridgehead atoms. The summed E-state index contributed by atoms with van der Waals surface area (Å²) in [5.74, 6) is 1.22. The summed E-state index contributed by atoms with van der Waals surface area (Å²) in [7, 11) is 3.18. The number of nitrogens with one attached hydrogen (secondary N) is 1. The van der Waals surface area contributed by atoms with Crippen molar-refractivity contribution in [3.05, 3.63) is 36.2 Å². The van der Waals surface area contributed by atoms with E-state index in [4.69, 9.17) is 14.3 Å². The monoisotopic (exact) mass is 430 g/mol. The Labute approximate surface area is 177 Å². The Morgan fingerprint density at radius 1 is 1.17 bits per heavy atom. The number of nitrogens with zero attached hydrogens (tertiary/aromatic N) is 5. The van der Waals surface area contributed by atoms with E-state index in [-0.39, 0.29) is 0 Å². The Kier molecular flexibility index (Phi) is 6.21. The van der Waals surface area contributed by atoms with E-state index >= 15 is 0 Å². The molecule has 3 heterocycles. The van der Waals surface area contributed by atoms with Crippen molar-refractivity contribution in [2.75, 3.05) is 45.7 Å². The number of rotatable bonds is 6. The van der Waals surface area contributed by atoms with Crippen LogP contribution < -0.4 is 14.8 Å². The third kappa shape index (κ3) is 4.75. The summed E-state index contributed by atoms with van der Waals surface area (Å²) in [6.07, 6.45) is 0.814. The second-order valence-electron chi connectivity index (χ2n) is 6.62. The molecule has 0 saturated carbocycles. The van der Waals surface area contributed by atoms with Gasteiger partial charge in [-0.3, -0.25) is 10.2 Å². The third-order valence-electron chi connectivity index (χ3n) is 4.65. The lowest BCUT2D eigenvalue weighted by Crippen LogP contribution is -2.46. The summed E-state index contributed by atoms with van der Waals surface area (Å²) >= 11 is 1.23. The SMILES string of the molecule is COc1cccc(CN2CCN(OC(=O)Nc3nc4c(OC)ncnc4s3)CC2)c1. The van der Waals surface area contributed by atoms with E-state index in [1.54, 1.807) is 12.2 Å². The molecule has 1 N–H and O–H groups in total. The number of piperazine rings is 1. The first kappa shape index (κ1) is 20.3. The van der Waals surface area contributed by atoms with Crippen LogP contribution in [0.4, 0.5) is 9.93 Å². The van der Waals surface area contributed by atoms with E-state index in [9.17, 15) is 4.79 Å². The normalized spacial score (nSPS) is 15.1. The molecule has 1 aliphatic rings. The first-order valence-corrected chi connectivity index (χ1v) is 10.2. The van der Waals surface area contributed by atoms with Gasteiger partial charge in [0.2, 0.25) is 5.88 Å². The number of amides is 1. The summed E-state index contributed by atoms with van der Waals surface area (Å²) in [5, 5.41) is 4.69. The van der Waals surface area contributed by atoms with Gasteiger partial charge in [-0.2, -0.15) is 4.98 Å². The van der Waals surface area contributed by atoms with Crippen molar-refractivity contribution in [3.63, 3.8) is 0 Å². The van der Waals surface area contributed by atoms with E-state index in [2.05, 4.69) is 31.2 Å². The fourth-order valence-corrected chi connectivity index (χ4v) is 3.96. The molecule has 1 amide bonds. The molecule has 0 radical (unpaired) electrons. The van der Waals surface area contributed by atoms with Crippen LogP contribution in [0.25, 0.3) is 10.3 Å². The lowest BCUT2D eigenvalue weighted by molar-refractivity contribution is -0.119. The van der Waals surface area contributed by atoms with Crippen molar-refractivity contribution in [2.24, 2.45) is 0 Å². The zero-order chi connectivity index (χ0) is 20.9. The highest BCUT2D eigenvalue weighted by molar-refractivity contribution is 7.22. The summed E-state index contributed by atoms with van der Waals surface area (Å²) in [6.45, 7) is 3.65. The Morgan fingerprint density at radius 3 is 2.77 bits per heavy atom. The summed E-state index contributed by atoms with van der Waals surface area (Å²) in [6, 6.07) is 8.03. The van der Waals surface area contributed by atoms with Gasteiger partial charge in [-0.15, -0.1) is 5.06 Å². The van der Waals surface area contributed by atoms with Crippen molar-refractivity contribution < 1.29 is 19.1 Å². The average Bonchev–Trinajstić information content (AvgIpc) is 3.17. The van der Waals surface area contributed by atoms with Gasteiger partial charge in [-0.25, -0.2) is 14.8 Å². The number of anilines is 1. The van der Waals surface area contributed by atoms with Gasteiger partial charge in [0.05, 0.1) is 14.2 Å². The van der Waals surface area contributed by atoms with Crippen LogP contribution in [0.2, 0.25) is 0 Å². The number of hydroxylamine groups is 2. The largest absolute Gasteiger partial charge is 0.497 e. The van der Waals surface area contributed by atoms with E-state index in [0.29, 0.717) is 34.4 Å². The number of hydrogen-bond donors (Lipinski definition) is 1. The molecule has 1 fully saturated rings. The van der Waals surface area contributed by atoms with Crippen molar-refractivity contribution >= 4 is 32.9 Å². The fraction of sp³-hybridized carbons (Fsp3) is 0.368. The van der Waals surface area contributed by atoms with Gasteiger partial charge >= 0.3 is 6.09 Å². The molecule has 1 saturated heterocycles. The van der Waals surface area contributed by atoms with Crippen LogP contribution in [0.1, 0.15) is 5.56 Å². The molecule has 1 aromatic carbocycles. The van der Waals surface area contributed by atoms with Crippen LogP contribution >= 0.6 is 11.3 Å². The molecule has 0 spiro atoms. The number of fused-ring (bicyclic) bond motifs is 1. The molecule has 10 nitrogen and oxygen atoms in total. The maximum Gasteiger partial charge on any atom is 0.432 e. The minimum Gasteiger partial charge on any atom is -0.497 e. The molecule has 0 aliphatic carbocycles. The predicted molar refractivity (Wildman–Crippen MR) is 112 cm³/mol. The molecule has 3 aromatic rings. The van der Waals surface area contributed by atoms with Crippen LogP contribution in [0.3, 0.4) is 0 Å². The van der Waals surface area contributed by atoms with Gasteiger partial charge in [0.1, 0.15) is 12.1 Å². The highest BCUT2D eigenvalue weighted by atomic mass is 32.1.